The van der Waals surface area contributed by atoms with E-state index in [0.717, 1.165) is 28.9 Å². The van der Waals surface area contributed by atoms with Gasteiger partial charge in [0.25, 0.3) is 0 Å². The first-order valence-electron chi connectivity index (χ1n) is 10.2. The molecular formula is C25H25NO4S. The second kappa shape index (κ2) is 11.1. The smallest absolute Gasteiger partial charge is 0.341 e. The predicted molar refractivity (Wildman–Crippen MR) is 126 cm³/mol. The highest BCUT2D eigenvalue weighted by molar-refractivity contribution is 7.15. The average Bonchev–Trinajstić information content (AvgIpc) is 3.21. The molecule has 0 fully saturated rings. The number of carbonyl (C=O) groups excluding carboxylic acids is 2. The number of hydrogen-bond donors (Lipinski definition) is 1. The maximum absolute atomic E-state index is 12.6. The number of thiophene rings is 1. The van der Waals surface area contributed by atoms with E-state index in [4.69, 9.17) is 9.47 Å². The molecule has 0 radical (unpaired) electrons. The van der Waals surface area contributed by atoms with Crippen LogP contribution in [0, 0.1) is 0 Å². The zero-order valence-corrected chi connectivity index (χ0v) is 18.4. The van der Waals surface area contributed by atoms with Crippen molar-refractivity contribution in [2.45, 2.75) is 20.3 Å². The molecule has 1 amide bonds. The summed E-state index contributed by atoms with van der Waals surface area (Å²) < 4.78 is 10.8. The largest absolute Gasteiger partial charge is 0.494 e. The topological polar surface area (TPSA) is 64.6 Å². The summed E-state index contributed by atoms with van der Waals surface area (Å²) in [5.74, 6) is 0.0254. The molecule has 1 N–H and O–H groups in total. The predicted octanol–water partition coefficient (Wildman–Crippen LogP) is 6.03. The van der Waals surface area contributed by atoms with Gasteiger partial charge < -0.3 is 14.8 Å². The van der Waals surface area contributed by atoms with Crippen LogP contribution in [-0.2, 0) is 9.53 Å². The third-order valence-electron chi connectivity index (χ3n) is 4.37. The fourth-order valence-electron chi connectivity index (χ4n) is 2.91. The van der Waals surface area contributed by atoms with Crippen molar-refractivity contribution in [2.75, 3.05) is 18.5 Å². The van der Waals surface area contributed by atoms with Crippen LogP contribution in [0.1, 0.15) is 36.2 Å². The summed E-state index contributed by atoms with van der Waals surface area (Å²) in [5.41, 5.74) is 2.88. The summed E-state index contributed by atoms with van der Waals surface area (Å²) in [7, 11) is 0. The minimum atomic E-state index is -0.454. The van der Waals surface area contributed by atoms with Crippen molar-refractivity contribution in [2.24, 2.45) is 0 Å². The van der Waals surface area contributed by atoms with E-state index in [0.29, 0.717) is 17.2 Å². The first kappa shape index (κ1) is 22.3. The Balaban J connectivity index is 1.75. The number of hydrogen-bond acceptors (Lipinski definition) is 5. The molecule has 31 heavy (non-hydrogen) atoms. The van der Waals surface area contributed by atoms with Gasteiger partial charge in [-0.15, -0.1) is 11.3 Å². The summed E-state index contributed by atoms with van der Waals surface area (Å²) >= 11 is 1.30. The summed E-state index contributed by atoms with van der Waals surface area (Å²) in [6, 6.07) is 17.1. The molecule has 3 aromatic rings. The quantitative estimate of drug-likeness (QED) is 0.329. The summed E-state index contributed by atoms with van der Waals surface area (Å²) in [6.07, 6.45) is 4.11. The number of rotatable bonds is 9. The van der Waals surface area contributed by atoms with Crippen LogP contribution in [-0.4, -0.2) is 25.1 Å². The van der Waals surface area contributed by atoms with Gasteiger partial charge in [0.05, 0.1) is 13.2 Å². The lowest BCUT2D eigenvalue weighted by Crippen LogP contribution is -2.12. The molecule has 2 aromatic carbocycles. The van der Waals surface area contributed by atoms with E-state index in [2.05, 4.69) is 12.2 Å². The molecule has 0 aliphatic heterocycles. The fourth-order valence-corrected chi connectivity index (χ4v) is 3.87. The van der Waals surface area contributed by atoms with E-state index < -0.39 is 5.97 Å². The van der Waals surface area contributed by atoms with Gasteiger partial charge in [-0.3, -0.25) is 4.79 Å². The third-order valence-corrected chi connectivity index (χ3v) is 5.27. The molecule has 6 heteroatoms. The number of ether oxygens (including phenoxy) is 2. The minimum absolute atomic E-state index is 0.258. The maximum atomic E-state index is 12.6. The lowest BCUT2D eigenvalue weighted by Gasteiger charge is -2.08. The molecule has 1 aromatic heterocycles. The number of benzene rings is 2. The molecule has 0 aliphatic rings. The number of amides is 1. The van der Waals surface area contributed by atoms with Crippen molar-refractivity contribution in [3.8, 4) is 16.9 Å². The van der Waals surface area contributed by atoms with Crippen molar-refractivity contribution in [1.82, 2.24) is 0 Å². The zero-order valence-electron chi connectivity index (χ0n) is 17.6. The van der Waals surface area contributed by atoms with Crippen molar-refractivity contribution in [3.05, 3.63) is 77.2 Å². The van der Waals surface area contributed by atoms with Gasteiger partial charge in [-0.25, -0.2) is 4.79 Å². The first-order chi connectivity index (χ1) is 15.1. The van der Waals surface area contributed by atoms with E-state index in [1.165, 1.54) is 17.4 Å². The van der Waals surface area contributed by atoms with Crippen LogP contribution in [0.2, 0.25) is 0 Å². The van der Waals surface area contributed by atoms with Crippen LogP contribution in [0.3, 0.4) is 0 Å². The molecule has 3 rings (SSSR count). The Morgan fingerprint density at radius 3 is 2.45 bits per heavy atom. The normalized spacial score (nSPS) is 10.8. The standard InChI is InChI=1S/C25H25NO4S/c1-3-16-30-20-13-10-18(11-14-20)12-15-22(27)26-24-23(25(28)29-4-2)21(17-31-24)19-8-6-5-7-9-19/h5-15,17H,3-4,16H2,1-2H3,(H,26,27). The summed E-state index contributed by atoms with van der Waals surface area (Å²) in [6.45, 7) is 4.74. The Labute approximate surface area is 186 Å². The Bertz CT molecular complexity index is 1040. The second-order valence-electron chi connectivity index (χ2n) is 6.68. The highest BCUT2D eigenvalue weighted by Crippen LogP contribution is 2.36. The van der Waals surface area contributed by atoms with E-state index >= 15 is 0 Å². The van der Waals surface area contributed by atoms with Crippen molar-refractivity contribution in [1.29, 1.82) is 0 Å². The van der Waals surface area contributed by atoms with E-state index in [1.54, 1.807) is 13.0 Å². The van der Waals surface area contributed by atoms with Gasteiger partial charge in [-0.1, -0.05) is 49.4 Å². The SMILES string of the molecule is CCCOc1ccc(C=CC(=O)Nc2scc(-c3ccccc3)c2C(=O)OCC)cc1. The van der Waals surface area contributed by atoms with Gasteiger partial charge >= 0.3 is 5.97 Å². The molecule has 160 valence electrons. The molecule has 0 atom stereocenters. The lowest BCUT2D eigenvalue weighted by atomic mass is 10.0. The van der Waals surface area contributed by atoms with E-state index in [-0.39, 0.29) is 12.5 Å². The van der Waals surface area contributed by atoms with Crippen LogP contribution in [0.25, 0.3) is 17.2 Å². The van der Waals surface area contributed by atoms with Crippen molar-refractivity contribution in [3.63, 3.8) is 0 Å². The summed E-state index contributed by atoms with van der Waals surface area (Å²) in [5, 5.41) is 5.14. The lowest BCUT2D eigenvalue weighted by molar-refractivity contribution is -0.111. The highest BCUT2D eigenvalue weighted by Gasteiger charge is 2.22. The van der Waals surface area contributed by atoms with Crippen LogP contribution < -0.4 is 10.1 Å². The molecule has 0 unspecified atom stereocenters. The molecular weight excluding hydrogens is 410 g/mol. The van der Waals surface area contributed by atoms with Gasteiger partial charge in [0, 0.05) is 17.0 Å². The van der Waals surface area contributed by atoms with Gasteiger partial charge in [0.2, 0.25) is 5.91 Å². The van der Waals surface area contributed by atoms with Gasteiger partial charge in [0.15, 0.2) is 0 Å². The van der Waals surface area contributed by atoms with Crippen LogP contribution in [0.15, 0.2) is 66.1 Å². The zero-order chi connectivity index (χ0) is 22.1. The second-order valence-corrected chi connectivity index (χ2v) is 7.56. The first-order valence-corrected chi connectivity index (χ1v) is 11.1. The third kappa shape index (κ3) is 6.06. The van der Waals surface area contributed by atoms with E-state index in [1.807, 2.05) is 60.0 Å². The molecule has 5 nitrogen and oxygen atoms in total. The molecule has 0 aliphatic carbocycles. The van der Waals surface area contributed by atoms with Crippen LogP contribution in [0.5, 0.6) is 5.75 Å². The minimum Gasteiger partial charge on any atom is -0.494 e. The number of carbonyl (C=O) groups is 2. The number of esters is 1. The van der Waals surface area contributed by atoms with Crippen molar-refractivity contribution >= 4 is 34.3 Å². The summed E-state index contributed by atoms with van der Waals surface area (Å²) in [4.78, 5) is 25.1. The molecule has 0 saturated heterocycles. The van der Waals surface area contributed by atoms with Gasteiger partial charge in [-0.2, -0.15) is 0 Å². The molecule has 0 bridgehead atoms. The number of anilines is 1. The highest BCUT2D eigenvalue weighted by atomic mass is 32.1. The van der Waals surface area contributed by atoms with Crippen molar-refractivity contribution < 1.29 is 19.1 Å². The Hall–Kier alpha value is -3.38. The van der Waals surface area contributed by atoms with E-state index in [9.17, 15) is 9.59 Å². The number of nitrogens with one attached hydrogen (secondary N) is 1. The Morgan fingerprint density at radius 1 is 1.03 bits per heavy atom. The Morgan fingerprint density at radius 2 is 1.77 bits per heavy atom. The fraction of sp³-hybridized carbons (Fsp3) is 0.200. The van der Waals surface area contributed by atoms with Gasteiger partial charge in [0.1, 0.15) is 16.3 Å². The molecule has 1 heterocycles. The Kier molecular flexibility index (Phi) is 8.01. The monoisotopic (exact) mass is 435 g/mol. The van der Waals surface area contributed by atoms with Crippen LogP contribution in [0.4, 0.5) is 5.00 Å². The molecule has 0 spiro atoms. The van der Waals surface area contributed by atoms with Gasteiger partial charge in [-0.05, 0) is 42.7 Å². The van der Waals surface area contributed by atoms with Crippen LogP contribution >= 0.6 is 11.3 Å². The molecule has 0 saturated carbocycles. The average molecular weight is 436 g/mol. The maximum Gasteiger partial charge on any atom is 0.341 e.